The number of carbonyl (C=O) groups is 1. The van der Waals surface area contributed by atoms with Crippen molar-refractivity contribution in [1.29, 1.82) is 0 Å². The number of hydrogen-bond donors (Lipinski definition) is 2. The molecule has 0 aliphatic heterocycles. The van der Waals surface area contributed by atoms with Gasteiger partial charge in [0.05, 0.1) is 22.7 Å². The van der Waals surface area contributed by atoms with E-state index in [-0.39, 0.29) is 34.8 Å². The van der Waals surface area contributed by atoms with Crippen molar-refractivity contribution in [2.45, 2.75) is 12.8 Å². The van der Waals surface area contributed by atoms with Gasteiger partial charge in [0.2, 0.25) is 5.91 Å². The summed E-state index contributed by atoms with van der Waals surface area (Å²) in [5.74, 6) is 0.169. The number of halogens is 1. The number of nitro benzene ring substituents is 1. The maximum Gasteiger partial charge on any atom is 0.348 e. The van der Waals surface area contributed by atoms with Crippen molar-refractivity contribution < 1.29 is 14.5 Å². The lowest BCUT2D eigenvalue weighted by Gasteiger charge is -2.07. The summed E-state index contributed by atoms with van der Waals surface area (Å²) in [7, 11) is 1.30. The van der Waals surface area contributed by atoms with E-state index in [1.807, 2.05) is 0 Å². The van der Waals surface area contributed by atoms with E-state index >= 15 is 0 Å². The molecule has 10 nitrogen and oxygen atoms in total. The fourth-order valence-corrected chi connectivity index (χ4v) is 3.15. The number of hydrogen-bond acceptors (Lipinski definition) is 6. The van der Waals surface area contributed by atoms with Crippen molar-refractivity contribution in [2.24, 2.45) is 5.92 Å². The van der Waals surface area contributed by atoms with E-state index in [4.69, 9.17) is 16.3 Å². The molecule has 3 aromatic rings. The van der Waals surface area contributed by atoms with Gasteiger partial charge in [0, 0.05) is 29.3 Å². The quantitative estimate of drug-likeness (QED) is 0.457. The number of benzene rings is 2. The molecule has 0 spiro atoms. The number of ether oxygens (including phenoxy) is 1. The summed E-state index contributed by atoms with van der Waals surface area (Å²) in [5.41, 5.74) is 0.449. The second-order valence-electron chi connectivity index (χ2n) is 6.76. The van der Waals surface area contributed by atoms with E-state index in [9.17, 15) is 19.7 Å². The summed E-state index contributed by atoms with van der Waals surface area (Å²) in [6, 6.07) is 8.87. The summed E-state index contributed by atoms with van der Waals surface area (Å²) in [4.78, 5) is 37.6. The molecule has 1 aliphatic rings. The highest BCUT2D eigenvalue weighted by molar-refractivity contribution is 6.33. The predicted molar refractivity (Wildman–Crippen MR) is 109 cm³/mol. The monoisotopic (exact) mass is 429 g/mol. The topological polar surface area (TPSA) is 132 Å². The van der Waals surface area contributed by atoms with Crippen LogP contribution in [0.3, 0.4) is 0 Å². The number of aromatic nitrogens is 3. The molecule has 1 amide bonds. The zero-order valence-electron chi connectivity index (χ0n) is 15.7. The van der Waals surface area contributed by atoms with E-state index in [0.717, 1.165) is 17.5 Å². The van der Waals surface area contributed by atoms with E-state index in [0.29, 0.717) is 16.3 Å². The molecule has 2 aromatic carbocycles. The fourth-order valence-electron chi connectivity index (χ4n) is 2.94. The van der Waals surface area contributed by atoms with Gasteiger partial charge in [-0.25, -0.2) is 4.79 Å². The van der Waals surface area contributed by atoms with Gasteiger partial charge in [-0.3, -0.25) is 19.9 Å². The Morgan fingerprint density at radius 1 is 1.33 bits per heavy atom. The molecular weight excluding hydrogens is 414 g/mol. The van der Waals surface area contributed by atoms with Crippen LogP contribution in [-0.4, -0.2) is 32.7 Å². The van der Waals surface area contributed by atoms with E-state index in [1.54, 1.807) is 18.2 Å². The molecule has 11 heteroatoms. The van der Waals surface area contributed by atoms with Gasteiger partial charge in [0.25, 0.3) is 0 Å². The Morgan fingerprint density at radius 3 is 2.77 bits per heavy atom. The van der Waals surface area contributed by atoms with Crippen molar-refractivity contribution >= 4 is 28.9 Å². The Morgan fingerprint density at radius 2 is 2.10 bits per heavy atom. The number of aromatic amines is 1. The molecule has 154 valence electrons. The average molecular weight is 430 g/mol. The maximum absolute atomic E-state index is 12.5. The summed E-state index contributed by atoms with van der Waals surface area (Å²) in [6.07, 6.45) is 1.76. The summed E-state index contributed by atoms with van der Waals surface area (Å²) in [6.45, 7) is 0. The van der Waals surface area contributed by atoms with Crippen LogP contribution in [0.15, 0.2) is 41.2 Å². The lowest BCUT2D eigenvalue weighted by atomic mass is 10.2. The molecule has 0 saturated heterocycles. The van der Waals surface area contributed by atoms with Gasteiger partial charge in [-0.15, -0.1) is 5.10 Å². The number of H-pyrrole nitrogens is 1. The number of nitrogens with zero attached hydrogens (tertiary/aromatic N) is 3. The van der Waals surface area contributed by atoms with Crippen molar-refractivity contribution in [2.75, 3.05) is 12.4 Å². The number of carbonyl (C=O) groups excluding carboxylic acids is 1. The van der Waals surface area contributed by atoms with Gasteiger partial charge in [-0.05, 0) is 37.1 Å². The Hall–Kier alpha value is -3.66. The van der Waals surface area contributed by atoms with E-state index < -0.39 is 10.6 Å². The number of nitro groups is 1. The summed E-state index contributed by atoms with van der Waals surface area (Å²) < 4.78 is 6.09. The number of amides is 1. The van der Waals surface area contributed by atoms with Gasteiger partial charge >= 0.3 is 11.4 Å². The molecule has 1 aromatic heterocycles. The van der Waals surface area contributed by atoms with Crippen molar-refractivity contribution in [1.82, 2.24) is 14.8 Å². The van der Waals surface area contributed by atoms with Gasteiger partial charge in [0.1, 0.15) is 0 Å². The highest BCUT2D eigenvalue weighted by Gasteiger charge is 2.29. The third kappa shape index (κ3) is 3.77. The first-order valence-corrected chi connectivity index (χ1v) is 9.38. The smallest absolute Gasteiger partial charge is 0.348 e. The molecule has 0 atom stereocenters. The zero-order valence-corrected chi connectivity index (χ0v) is 16.5. The first kappa shape index (κ1) is 19.6. The van der Waals surface area contributed by atoms with Crippen LogP contribution >= 0.6 is 11.6 Å². The fraction of sp³-hybridized carbons (Fsp3) is 0.211. The molecule has 1 aliphatic carbocycles. The molecule has 30 heavy (non-hydrogen) atoms. The van der Waals surface area contributed by atoms with Crippen LogP contribution in [0, 0.1) is 16.0 Å². The standard InChI is InChI=1S/C19H16ClN5O5/c1-30-16-9-12(5-7-15(16)25(28)29)24-19(27)22-17(23-24)13-8-11(4-6-14(13)20)21-18(26)10-2-3-10/h4-10H,2-3H2,1H3,(H,21,26)(H,22,23,27). The minimum Gasteiger partial charge on any atom is -0.490 e. The van der Waals surface area contributed by atoms with Crippen LogP contribution in [0.2, 0.25) is 5.02 Å². The lowest BCUT2D eigenvalue weighted by Crippen LogP contribution is -2.16. The molecule has 1 heterocycles. The van der Waals surface area contributed by atoms with Crippen LogP contribution in [-0.2, 0) is 4.79 Å². The third-order valence-corrected chi connectivity index (χ3v) is 4.99. The van der Waals surface area contributed by atoms with Gasteiger partial charge in [-0.2, -0.15) is 4.68 Å². The van der Waals surface area contributed by atoms with Crippen molar-refractivity contribution in [3.05, 3.63) is 62.0 Å². The lowest BCUT2D eigenvalue weighted by molar-refractivity contribution is -0.385. The third-order valence-electron chi connectivity index (χ3n) is 4.66. The Kier molecular flexibility index (Phi) is 5.00. The van der Waals surface area contributed by atoms with E-state index in [1.165, 1.54) is 25.3 Å². The molecule has 2 N–H and O–H groups in total. The Balaban J connectivity index is 1.70. The van der Waals surface area contributed by atoms with Crippen molar-refractivity contribution in [3.8, 4) is 22.8 Å². The highest BCUT2D eigenvalue weighted by atomic mass is 35.5. The van der Waals surface area contributed by atoms with Crippen LogP contribution in [0.25, 0.3) is 17.1 Å². The van der Waals surface area contributed by atoms with Gasteiger partial charge < -0.3 is 10.1 Å². The van der Waals surface area contributed by atoms with Crippen LogP contribution in [0.5, 0.6) is 5.75 Å². The number of nitrogens with one attached hydrogen (secondary N) is 2. The molecule has 0 unspecified atom stereocenters. The Labute approximate surface area is 174 Å². The maximum atomic E-state index is 12.5. The number of anilines is 1. The van der Waals surface area contributed by atoms with Crippen LogP contribution in [0.1, 0.15) is 12.8 Å². The molecule has 0 bridgehead atoms. The molecule has 1 saturated carbocycles. The molecular formula is C19H16ClN5O5. The van der Waals surface area contributed by atoms with Gasteiger partial charge in [0.15, 0.2) is 11.6 Å². The number of methoxy groups -OCH3 is 1. The zero-order chi connectivity index (χ0) is 21.4. The molecule has 0 radical (unpaired) electrons. The molecule has 1 fully saturated rings. The Bertz CT molecular complexity index is 1210. The second kappa shape index (κ2) is 7.64. The second-order valence-corrected chi connectivity index (χ2v) is 7.17. The molecule has 4 rings (SSSR count). The minimum atomic E-state index is -0.581. The highest BCUT2D eigenvalue weighted by Crippen LogP contribution is 2.33. The number of rotatable bonds is 6. The van der Waals surface area contributed by atoms with Crippen LogP contribution < -0.4 is 15.7 Å². The summed E-state index contributed by atoms with van der Waals surface area (Å²) >= 11 is 6.27. The largest absolute Gasteiger partial charge is 0.490 e. The summed E-state index contributed by atoms with van der Waals surface area (Å²) in [5, 5.41) is 18.5. The first-order chi connectivity index (χ1) is 14.4. The normalized spacial score (nSPS) is 13.1. The first-order valence-electron chi connectivity index (χ1n) is 9.00. The van der Waals surface area contributed by atoms with Crippen LogP contribution in [0.4, 0.5) is 11.4 Å². The average Bonchev–Trinajstić information content (AvgIpc) is 3.51. The SMILES string of the molecule is COc1cc(-n2nc(-c3cc(NC(=O)C4CC4)ccc3Cl)[nH]c2=O)ccc1[N+](=O)[O-]. The van der Waals surface area contributed by atoms with E-state index in [2.05, 4.69) is 15.4 Å². The predicted octanol–water partition coefficient (Wildman–Crippen LogP) is 3.15. The van der Waals surface area contributed by atoms with Crippen molar-refractivity contribution in [3.63, 3.8) is 0 Å². The van der Waals surface area contributed by atoms with Gasteiger partial charge in [-0.1, -0.05) is 11.6 Å². The minimum absolute atomic E-state index is 0.00299.